The van der Waals surface area contributed by atoms with Crippen LogP contribution < -0.4 is 21.5 Å². The van der Waals surface area contributed by atoms with E-state index in [2.05, 4.69) is 41.7 Å². The van der Waals surface area contributed by atoms with Crippen LogP contribution in [-0.2, 0) is 6.54 Å². The largest absolute Gasteiger partial charge is 0.393 e. The Hall–Kier alpha value is -3.98. The minimum absolute atomic E-state index is 0.279. The lowest BCUT2D eigenvalue weighted by molar-refractivity contribution is 0.0961. The number of nitrogens with two attached hydrogens (primary N) is 1. The fourth-order valence-electron chi connectivity index (χ4n) is 3.07. The Morgan fingerprint density at radius 1 is 0.938 bits per heavy atom. The van der Waals surface area contributed by atoms with Gasteiger partial charge < -0.3 is 10.6 Å². The molecule has 0 aliphatic rings. The second-order valence-corrected chi connectivity index (χ2v) is 7.63. The number of aromatic nitrogens is 3. The Morgan fingerprint density at radius 3 is 2.44 bits per heavy atom. The predicted octanol–water partition coefficient (Wildman–Crippen LogP) is 4.31. The summed E-state index contributed by atoms with van der Waals surface area (Å²) < 4.78 is 0.680. The summed E-state index contributed by atoms with van der Waals surface area (Å²) in [7, 11) is 0. The van der Waals surface area contributed by atoms with E-state index >= 15 is 0 Å². The molecule has 0 saturated carbocycles. The molecule has 160 valence electrons. The highest BCUT2D eigenvalue weighted by Crippen LogP contribution is 2.32. The van der Waals surface area contributed by atoms with Gasteiger partial charge in [0.15, 0.2) is 11.6 Å². The van der Waals surface area contributed by atoms with E-state index in [1.54, 1.807) is 24.4 Å². The van der Waals surface area contributed by atoms with E-state index in [1.165, 1.54) is 6.33 Å². The summed E-state index contributed by atoms with van der Waals surface area (Å²) in [5.41, 5.74) is 13.7. The molecule has 4 N–H and O–H groups in total. The van der Waals surface area contributed by atoms with Gasteiger partial charge in [-0.05, 0) is 45.8 Å². The molecule has 0 atom stereocenters. The molecule has 0 aliphatic heterocycles. The molecule has 2 heterocycles. The highest BCUT2D eigenvalue weighted by molar-refractivity contribution is 9.10. The van der Waals surface area contributed by atoms with Crippen molar-refractivity contribution in [2.45, 2.75) is 6.54 Å². The molecule has 0 saturated heterocycles. The number of hydrazine groups is 1. The third-order valence-electron chi connectivity index (χ3n) is 4.64. The molecule has 32 heavy (non-hydrogen) atoms. The maximum Gasteiger partial charge on any atom is 0.270 e. The number of hydrogen-bond acceptors (Lipinski definition) is 7. The summed E-state index contributed by atoms with van der Waals surface area (Å²) in [6.07, 6.45) is 3.10. The summed E-state index contributed by atoms with van der Waals surface area (Å²) in [6, 6.07) is 22.7. The van der Waals surface area contributed by atoms with Gasteiger partial charge >= 0.3 is 0 Å². The first-order valence-electron chi connectivity index (χ1n) is 9.77. The van der Waals surface area contributed by atoms with Gasteiger partial charge in [-0.25, -0.2) is 15.0 Å². The molecule has 0 aliphatic carbocycles. The van der Waals surface area contributed by atoms with Crippen LogP contribution in [-0.4, -0.2) is 20.9 Å². The SMILES string of the molecule is Nc1c(NNC(=O)c2ccccc2Br)ncnc1N(Cc1ccccc1)c1ccccn1. The van der Waals surface area contributed by atoms with Gasteiger partial charge in [0.1, 0.15) is 17.8 Å². The average Bonchev–Trinajstić information content (AvgIpc) is 2.83. The second kappa shape index (κ2) is 9.88. The number of nitrogens with one attached hydrogen (secondary N) is 2. The number of hydrogen-bond donors (Lipinski definition) is 3. The van der Waals surface area contributed by atoms with E-state index in [0.29, 0.717) is 28.2 Å². The van der Waals surface area contributed by atoms with E-state index < -0.39 is 0 Å². The molecular formula is C23H20BrN7O. The molecular weight excluding hydrogens is 470 g/mol. The summed E-state index contributed by atoms with van der Waals surface area (Å²) in [6.45, 7) is 0.502. The summed E-state index contributed by atoms with van der Waals surface area (Å²) >= 11 is 3.37. The lowest BCUT2D eigenvalue weighted by atomic mass is 10.2. The predicted molar refractivity (Wildman–Crippen MR) is 128 cm³/mol. The number of anilines is 4. The Kier molecular flexibility index (Phi) is 6.57. The first-order valence-corrected chi connectivity index (χ1v) is 10.6. The van der Waals surface area contributed by atoms with Gasteiger partial charge in [0, 0.05) is 10.7 Å². The lowest BCUT2D eigenvalue weighted by Gasteiger charge is -2.25. The molecule has 0 spiro atoms. The fraction of sp³-hybridized carbons (Fsp3) is 0.0435. The number of nitrogens with zero attached hydrogens (tertiary/aromatic N) is 4. The van der Waals surface area contributed by atoms with E-state index in [0.717, 1.165) is 5.56 Å². The zero-order valence-corrected chi connectivity index (χ0v) is 18.5. The lowest BCUT2D eigenvalue weighted by Crippen LogP contribution is -2.31. The zero-order valence-electron chi connectivity index (χ0n) is 16.9. The van der Waals surface area contributed by atoms with E-state index in [4.69, 9.17) is 5.73 Å². The van der Waals surface area contributed by atoms with E-state index in [1.807, 2.05) is 59.5 Å². The number of halogens is 1. The van der Waals surface area contributed by atoms with Gasteiger partial charge in [-0.2, -0.15) is 0 Å². The highest BCUT2D eigenvalue weighted by atomic mass is 79.9. The van der Waals surface area contributed by atoms with Crippen LogP contribution in [0.5, 0.6) is 0 Å². The number of carbonyl (C=O) groups is 1. The van der Waals surface area contributed by atoms with Crippen molar-refractivity contribution < 1.29 is 4.79 Å². The molecule has 0 radical (unpaired) electrons. The van der Waals surface area contributed by atoms with Gasteiger partial charge in [0.25, 0.3) is 5.91 Å². The number of nitrogen functional groups attached to an aromatic ring is 1. The van der Waals surface area contributed by atoms with E-state index in [-0.39, 0.29) is 17.4 Å². The number of rotatable bonds is 7. The molecule has 4 aromatic rings. The molecule has 0 bridgehead atoms. The second-order valence-electron chi connectivity index (χ2n) is 6.78. The van der Waals surface area contributed by atoms with Crippen LogP contribution >= 0.6 is 15.9 Å². The Balaban J connectivity index is 1.61. The van der Waals surface area contributed by atoms with Gasteiger partial charge in [-0.1, -0.05) is 48.5 Å². The smallest absolute Gasteiger partial charge is 0.270 e. The van der Waals surface area contributed by atoms with Crippen LogP contribution in [0.3, 0.4) is 0 Å². The molecule has 0 unspecified atom stereocenters. The Labute approximate surface area is 193 Å². The van der Waals surface area contributed by atoms with Crippen LogP contribution in [0.1, 0.15) is 15.9 Å². The maximum atomic E-state index is 12.5. The van der Waals surface area contributed by atoms with Crippen molar-refractivity contribution in [3.8, 4) is 0 Å². The van der Waals surface area contributed by atoms with Gasteiger partial charge in [0.2, 0.25) is 0 Å². The third kappa shape index (κ3) is 4.84. The van der Waals surface area contributed by atoms with Gasteiger partial charge in [-0.3, -0.25) is 15.6 Å². The topological polar surface area (TPSA) is 109 Å². The first kappa shape index (κ1) is 21.3. The van der Waals surface area contributed by atoms with Crippen LogP contribution in [0, 0.1) is 0 Å². The number of benzene rings is 2. The quantitative estimate of drug-likeness (QED) is 0.331. The molecule has 1 amide bonds. The van der Waals surface area contributed by atoms with Crippen molar-refractivity contribution in [2.75, 3.05) is 16.1 Å². The number of carbonyl (C=O) groups excluding carboxylic acids is 1. The summed E-state index contributed by atoms with van der Waals surface area (Å²) in [5.74, 6) is 1.11. The minimum atomic E-state index is -0.331. The number of pyridine rings is 1. The summed E-state index contributed by atoms with van der Waals surface area (Å²) in [5, 5.41) is 0. The van der Waals surface area contributed by atoms with Crippen molar-refractivity contribution in [3.63, 3.8) is 0 Å². The Bertz CT molecular complexity index is 1210. The van der Waals surface area contributed by atoms with Crippen molar-refractivity contribution in [2.24, 2.45) is 0 Å². The monoisotopic (exact) mass is 489 g/mol. The standard InChI is InChI=1S/C23H20BrN7O/c24-18-11-5-4-10-17(18)23(32)30-29-21-20(25)22(28-15-27-21)31(19-12-6-7-13-26-19)14-16-8-2-1-3-9-16/h1-13,15H,14,25H2,(H,30,32)(H,27,28,29). The van der Waals surface area contributed by atoms with Crippen LogP contribution in [0.2, 0.25) is 0 Å². The Morgan fingerprint density at radius 2 is 1.69 bits per heavy atom. The van der Waals surface area contributed by atoms with Gasteiger partial charge in [0.05, 0.1) is 12.1 Å². The van der Waals surface area contributed by atoms with Crippen molar-refractivity contribution in [1.29, 1.82) is 0 Å². The summed E-state index contributed by atoms with van der Waals surface area (Å²) in [4.78, 5) is 27.5. The average molecular weight is 490 g/mol. The molecule has 8 nitrogen and oxygen atoms in total. The zero-order chi connectivity index (χ0) is 22.3. The van der Waals surface area contributed by atoms with Crippen molar-refractivity contribution in [1.82, 2.24) is 20.4 Å². The molecule has 4 rings (SSSR count). The molecule has 0 fully saturated rings. The normalized spacial score (nSPS) is 10.4. The molecule has 2 aromatic heterocycles. The van der Waals surface area contributed by atoms with Crippen LogP contribution in [0.25, 0.3) is 0 Å². The van der Waals surface area contributed by atoms with Crippen molar-refractivity contribution in [3.05, 3.63) is 101 Å². The van der Waals surface area contributed by atoms with Gasteiger partial charge in [-0.15, -0.1) is 0 Å². The molecule has 9 heteroatoms. The van der Waals surface area contributed by atoms with Crippen molar-refractivity contribution >= 4 is 45.0 Å². The van der Waals surface area contributed by atoms with Crippen LogP contribution in [0.4, 0.5) is 23.1 Å². The molecule has 2 aromatic carbocycles. The first-order chi connectivity index (χ1) is 15.6. The number of amides is 1. The highest BCUT2D eigenvalue weighted by Gasteiger charge is 2.19. The fourth-order valence-corrected chi connectivity index (χ4v) is 3.54. The maximum absolute atomic E-state index is 12.5. The third-order valence-corrected chi connectivity index (χ3v) is 5.33. The van der Waals surface area contributed by atoms with E-state index in [9.17, 15) is 4.79 Å². The minimum Gasteiger partial charge on any atom is -0.393 e. The van der Waals surface area contributed by atoms with Crippen LogP contribution in [0.15, 0.2) is 89.8 Å².